The maximum atomic E-state index is 11.8. The van der Waals surface area contributed by atoms with E-state index in [-0.39, 0.29) is 17.5 Å². The summed E-state index contributed by atoms with van der Waals surface area (Å²) in [7, 11) is 0. The largest absolute Gasteiger partial charge is 0.300 e. The number of carbonyl (C=O) groups excluding carboxylic acids is 2. The van der Waals surface area contributed by atoms with Gasteiger partial charge < -0.3 is 4.79 Å². The number of halogens is 1. The van der Waals surface area contributed by atoms with Crippen LogP contribution in [0.5, 0.6) is 0 Å². The van der Waals surface area contributed by atoms with Crippen molar-refractivity contribution in [3.05, 3.63) is 34.3 Å². The zero-order valence-corrected chi connectivity index (χ0v) is 11.1. The minimum absolute atomic E-state index is 0.0984. The van der Waals surface area contributed by atoms with Gasteiger partial charge in [0.25, 0.3) is 0 Å². The van der Waals surface area contributed by atoms with Gasteiger partial charge in [0.15, 0.2) is 5.78 Å². The van der Waals surface area contributed by atoms with Crippen LogP contribution in [0.1, 0.15) is 37.0 Å². The van der Waals surface area contributed by atoms with Gasteiger partial charge in [-0.15, -0.1) is 0 Å². The van der Waals surface area contributed by atoms with Crippen molar-refractivity contribution in [2.75, 3.05) is 0 Å². The maximum Gasteiger partial charge on any atom is 0.163 e. The van der Waals surface area contributed by atoms with E-state index >= 15 is 0 Å². The normalized spacial score (nSPS) is 12.2. The fourth-order valence-corrected chi connectivity index (χ4v) is 1.90. The van der Waals surface area contributed by atoms with Crippen molar-refractivity contribution in [3.8, 4) is 0 Å². The van der Waals surface area contributed by atoms with Crippen LogP contribution in [-0.2, 0) is 4.79 Å². The molecule has 0 amide bonds. The molecule has 86 valence electrons. The van der Waals surface area contributed by atoms with E-state index < -0.39 is 0 Å². The molecule has 1 atom stereocenters. The third kappa shape index (κ3) is 4.27. The Labute approximate surface area is 104 Å². The van der Waals surface area contributed by atoms with Gasteiger partial charge in [0, 0.05) is 22.9 Å². The van der Waals surface area contributed by atoms with Crippen molar-refractivity contribution >= 4 is 27.5 Å². The third-order valence-corrected chi connectivity index (χ3v) is 2.86. The average Bonchev–Trinajstić information content (AvgIpc) is 2.16. The minimum Gasteiger partial charge on any atom is -0.300 e. The van der Waals surface area contributed by atoms with Gasteiger partial charge in [-0.2, -0.15) is 0 Å². The molecule has 0 aromatic heterocycles. The Morgan fingerprint density at radius 2 is 1.75 bits per heavy atom. The van der Waals surface area contributed by atoms with Crippen LogP contribution < -0.4 is 0 Å². The molecule has 0 heterocycles. The van der Waals surface area contributed by atoms with Crippen LogP contribution in [0, 0.1) is 5.92 Å². The Morgan fingerprint density at radius 1 is 1.19 bits per heavy atom. The van der Waals surface area contributed by atoms with E-state index in [4.69, 9.17) is 0 Å². The Kier molecular flexibility index (Phi) is 4.87. The smallest absolute Gasteiger partial charge is 0.163 e. The summed E-state index contributed by atoms with van der Waals surface area (Å²) in [5.41, 5.74) is 0.707. The van der Waals surface area contributed by atoms with Crippen LogP contribution in [0.3, 0.4) is 0 Å². The molecule has 16 heavy (non-hydrogen) atoms. The molecule has 0 bridgehead atoms. The van der Waals surface area contributed by atoms with E-state index in [0.717, 1.165) is 4.47 Å². The van der Waals surface area contributed by atoms with E-state index in [1.165, 1.54) is 0 Å². The van der Waals surface area contributed by atoms with Crippen LogP contribution >= 0.6 is 15.9 Å². The molecule has 2 nitrogen and oxygen atoms in total. The molecule has 3 heteroatoms. The summed E-state index contributed by atoms with van der Waals surface area (Å²) in [6, 6.07) is 7.30. The summed E-state index contributed by atoms with van der Waals surface area (Å²) in [6.07, 6.45) is 0.906. The van der Waals surface area contributed by atoms with Gasteiger partial charge >= 0.3 is 0 Å². The molecule has 0 aliphatic heterocycles. The number of rotatable bonds is 5. The molecular formula is C13H15BrO2. The highest BCUT2D eigenvalue weighted by Gasteiger charge is 2.12. The van der Waals surface area contributed by atoms with Crippen LogP contribution in [0.15, 0.2) is 28.7 Å². The van der Waals surface area contributed by atoms with E-state index in [1.807, 2.05) is 19.1 Å². The first-order valence-corrected chi connectivity index (χ1v) is 6.06. The topological polar surface area (TPSA) is 34.1 Å². The van der Waals surface area contributed by atoms with Gasteiger partial charge in [-0.3, -0.25) is 4.79 Å². The number of hydrogen-bond acceptors (Lipinski definition) is 2. The SMILES string of the molecule is CC(=O)CC(C)CC(=O)c1ccc(Br)cc1. The van der Waals surface area contributed by atoms with Gasteiger partial charge in [0.1, 0.15) is 5.78 Å². The number of carbonyl (C=O) groups is 2. The minimum atomic E-state index is 0.0984. The zero-order valence-electron chi connectivity index (χ0n) is 9.50. The predicted molar refractivity (Wildman–Crippen MR) is 67.6 cm³/mol. The first-order valence-electron chi connectivity index (χ1n) is 5.27. The second kappa shape index (κ2) is 5.94. The van der Waals surface area contributed by atoms with Gasteiger partial charge in [0.2, 0.25) is 0 Å². The molecule has 1 aromatic carbocycles. The molecule has 0 radical (unpaired) electrons. The van der Waals surface area contributed by atoms with Crippen LogP contribution in [-0.4, -0.2) is 11.6 Å². The van der Waals surface area contributed by atoms with Gasteiger partial charge in [0.05, 0.1) is 0 Å². The summed E-state index contributed by atoms with van der Waals surface area (Å²) < 4.78 is 0.959. The summed E-state index contributed by atoms with van der Waals surface area (Å²) in [5, 5.41) is 0. The standard InChI is InChI=1S/C13H15BrO2/c1-9(7-10(2)15)8-13(16)11-3-5-12(14)6-4-11/h3-6,9H,7-8H2,1-2H3. The van der Waals surface area contributed by atoms with Crippen molar-refractivity contribution < 1.29 is 9.59 Å². The fraction of sp³-hybridized carbons (Fsp3) is 0.385. The average molecular weight is 283 g/mol. The van der Waals surface area contributed by atoms with Crippen molar-refractivity contribution in [2.45, 2.75) is 26.7 Å². The molecule has 0 saturated carbocycles. The van der Waals surface area contributed by atoms with Crippen molar-refractivity contribution in [1.82, 2.24) is 0 Å². The predicted octanol–water partition coefficient (Wildman–Crippen LogP) is 3.64. The Hall–Kier alpha value is -0.960. The van der Waals surface area contributed by atoms with Crippen LogP contribution in [0.2, 0.25) is 0 Å². The summed E-state index contributed by atoms with van der Waals surface area (Å²) >= 11 is 3.32. The monoisotopic (exact) mass is 282 g/mol. The molecule has 1 unspecified atom stereocenters. The molecule has 1 rings (SSSR count). The highest BCUT2D eigenvalue weighted by Crippen LogP contribution is 2.16. The quantitative estimate of drug-likeness (QED) is 0.773. The van der Waals surface area contributed by atoms with Gasteiger partial charge in [-0.05, 0) is 25.0 Å². The summed E-state index contributed by atoms with van der Waals surface area (Å²) in [4.78, 5) is 22.7. The van der Waals surface area contributed by atoms with Crippen LogP contribution in [0.4, 0.5) is 0 Å². The van der Waals surface area contributed by atoms with E-state index in [1.54, 1.807) is 19.1 Å². The second-order valence-electron chi connectivity index (χ2n) is 4.15. The number of ketones is 2. The van der Waals surface area contributed by atoms with Crippen LogP contribution in [0.25, 0.3) is 0 Å². The number of benzene rings is 1. The number of hydrogen-bond donors (Lipinski definition) is 0. The van der Waals surface area contributed by atoms with Crippen molar-refractivity contribution in [2.24, 2.45) is 5.92 Å². The van der Waals surface area contributed by atoms with Crippen molar-refractivity contribution in [3.63, 3.8) is 0 Å². The summed E-state index contributed by atoms with van der Waals surface area (Å²) in [6.45, 7) is 3.48. The van der Waals surface area contributed by atoms with Gasteiger partial charge in [-0.1, -0.05) is 35.0 Å². The molecule has 0 N–H and O–H groups in total. The number of Topliss-reactive ketones (excluding diaryl/α,β-unsaturated/α-hetero) is 2. The Balaban J connectivity index is 2.58. The first-order chi connectivity index (χ1) is 7.49. The lowest BCUT2D eigenvalue weighted by Crippen LogP contribution is -2.09. The molecule has 0 saturated heterocycles. The molecule has 0 spiro atoms. The maximum absolute atomic E-state index is 11.8. The first kappa shape index (κ1) is 13.1. The Morgan fingerprint density at radius 3 is 2.25 bits per heavy atom. The lowest BCUT2D eigenvalue weighted by Gasteiger charge is -2.08. The van der Waals surface area contributed by atoms with E-state index in [9.17, 15) is 9.59 Å². The second-order valence-corrected chi connectivity index (χ2v) is 5.06. The zero-order chi connectivity index (χ0) is 12.1. The molecule has 0 aliphatic rings. The van der Waals surface area contributed by atoms with E-state index in [2.05, 4.69) is 15.9 Å². The summed E-state index contributed by atoms with van der Waals surface area (Å²) in [5.74, 6) is 0.353. The molecule has 0 fully saturated rings. The third-order valence-electron chi connectivity index (χ3n) is 2.34. The highest BCUT2D eigenvalue weighted by atomic mass is 79.9. The molecule has 0 aliphatic carbocycles. The lowest BCUT2D eigenvalue weighted by molar-refractivity contribution is -0.117. The van der Waals surface area contributed by atoms with E-state index in [0.29, 0.717) is 18.4 Å². The van der Waals surface area contributed by atoms with Gasteiger partial charge in [-0.25, -0.2) is 0 Å². The molecular weight excluding hydrogens is 268 g/mol. The molecule has 1 aromatic rings. The van der Waals surface area contributed by atoms with Crippen molar-refractivity contribution in [1.29, 1.82) is 0 Å². The Bertz CT molecular complexity index is 381. The lowest BCUT2D eigenvalue weighted by atomic mass is 9.96. The highest BCUT2D eigenvalue weighted by molar-refractivity contribution is 9.10. The fourth-order valence-electron chi connectivity index (χ4n) is 1.63.